The lowest BCUT2D eigenvalue weighted by molar-refractivity contribution is -0.113. The molecule has 3 N–H and O–H groups in total. The first-order chi connectivity index (χ1) is 14.7. The van der Waals surface area contributed by atoms with Gasteiger partial charge in [0.15, 0.2) is 5.16 Å². The molecule has 0 aliphatic heterocycles. The van der Waals surface area contributed by atoms with E-state index in [4.69, 9.17) is 9.88 Å². The van der Waals surface area contributed by atoms with Crippen LogP contribution in [-0.4, -0.2) is 43.3 Å². The quantitative estimate of drug-likeness (QED) is 0.386. The van der Waals surface area contributed by atoms with Crippen LogP contribution in [-0.2, 0) is 19.6 Å². The minimum absolute atomic E-state index is 0.00141. The first kappa shape index (κ1) is 22.9. The molecule has 0 aliphatic carbocycles. The maximum atomic E-state index is 13.0. The van der Waals surface area contributed by atoms with Crippen molar-refractivity contribution >= 4 is 44.3 Å². The minimum Gasteiger partial charge on any atom is -0.383 e. The summed E-state index contributed by atoms with van der Waals surface area (Å²) in [6.07, 6.45) is 0. The summed E-state index contributed by atoms with van der Waals surface area (Å²) >= 11 is 1.13. The van der Waals surface area contributed by atoms with Crippen LogP contribution in [0.5, 0.6) is 0 Å². The zero-order valence-electron chi connectivity index (χ0n) is 16.9. The second-order valence-electron chi connectivity index (χ2n) is 6.80. The molecule has 1 aromatic heterocycles. The van der Waals surface area contributed by atoms with E-state index < -0.39 is 10.0 Å². The van der Waals surface area contributed by atoms with Crippen LogP contribution in [0.4, 0.5) is 5.69 Å². The number of benzene rings is 2. The van der Waals surface area contributed by atoms with Crippen LogP contribution in [0.25, 0.3) is 10.9 Å². The molecule has 164 valence electrons. The van der Waals surface area contributed by atoms with E-state index in [0.717, 1.165) is 11.8 Å². The van der Waals surface area contributed by atoms with E-state index >= 15 is 0 Å². The molecule has 0 spiro atoms. The van der Waals surface area contributed by atoms with Gasteiger partial charge in [-0.2, -0.15) is 0 Å². The summed E-state index contributed by atoms with van der Waals surface area (Å²) in [6, 6.07) is 12.3. The topological polar surface area (TPSA) is 133 Å². The Hall–Kier alpha value is -2.73. The number of nitrogens with zero attached hydrogens (tertiary/aromatic N) is 2. The third-order valence-electron chi connectivity index (χ3n) is 4.42. The largest absolute Gasteiger partial charge is 0.383 e. The molecule has 2 aromatic carbocycles. The van der Waals surface area contributed by atoms with E-state index in [1.807, 2.05) is 6.92 Å². The Bertz CT molecular complexity index is 1260. The van der Waals surface area contributed by atoms with Crippen molar-refractivity contribution in [2.24, 2.45) is 5.14 Å². The van der Waals surface area contributed by atoms with Gasteiger partial charge in [-0.1, -0.05) is 23.9 Å². The number of fused-ring (bicyclic) bond motifs is 1. The molecular weight excluding hydrogens is 440 g/mol. The maximum Gasteiger partial charge on any atom is 0.262 e. The number of sulfonamides is 1. The number of nitrogens with one attached hydrogen (secondary N) is 1. The van der Waals surface area contributed by atoms with Gasteiger partial charge in [-0.3, -0.25) is 14.2 Å². The van der Waals surface area contributed by atoms with E-state index in [2.05, 4.69) is 10.3 Å². The number of nitrogens with two attached hydrogens (primary N) is 1. The molecule has 0 aliphatic rings. The molecule has 31 heavy (non-hydrogen) atoms. The molecular formula is C20H22N4O5S2. The lowest BCUT2D eigenvalue weighted by Gasteiger charge is -2.18. The van der Waals surface area contributed by atoms with Gasteiger partial charge in [-0.15, -0.1) is 0 Å². The van der Waals surface area contributed by atoms with Crippen LogP contribution in [0.15, 0.2) is 63.4 Å². The number of thioether (sulfide) groups is 1. The van der Waals surface area contributed by atoms with Crippen molar-refractivity contribution in [1.29, 1.82) is 0 Å². The van der Waals surface area contributed by atoms with Gasteiger partial charge in [0.25, 0.3) is 5.56 Å². The number of carbonyl (C=O) groups excluding carboxylic acids is 1. The van der Waals surface area contributed by atoms with Gasteiger partial charge in [0.1, 0.15) is 0 Å². The number of ether oxygens (including phenoxy) is 1. The van der Waals surface area contributed by atoms with Gasteiger partial charge in [0, 0.05) is 12.8 Å². The molecule has 1 unspecified atom stereocenters. The fourth-order valence-electron chi connectivity index (χ4n) is 2.99. The molecule has 0 saturated heterocycles. The van der Waals surface area contributed by atoms with Crippen LogP contribution in [0, 0.1) is 0 Å². The standard InChI is InChI=1S/C20H22N4O5S2/c1-13(11-29-2)24-19(26)16-5-3-4-6-17(16)23-20(24)30-12-18(25)22-14-7-9-15(10-8-14)31(21,27)28/h3-10,13H,11-12H2,1-2H3,(H,22,25)(H2,21,27,28). The van der Waals surface area contributed by atoms with E-state index in [9.17, 15) is 18.0 Å². The molecule has 1 atom stereocenters. The number of hydrogen-bond donors (Lipinski definition) is 2. The summed E-state index contributed by atoms with van der Waals surface area (Å²) in [7, 11) is -2.25. The van der Waals surface area contributed by atoms with E-state index in [1.54, 1.807) is 31.4 Å². The summed E-state index contributed by atoms with van der Waals surface area (Å²) in [4.78, 5) is 29.9. The summed E-state index contributed by atoms with van der Waals surface area (Å²) in [5.41, 5.74) is 0.779. The average Bonchev–Trinajstić information content (AvgIpc) is 2.72. The lowest BCUT2D eigenvalue weighted by atomic mass is 10.2. The van der Waals surface area contributed by atoms with Crippen molar-refractivity contribution < 1.29 is 17.9 Å². The molecule has 3 aromatic rings. The molecule has 11 heteroatoms. The number of rotatable bonds is 8. The molecule has 3 rings (SSSR count). The normalized spacial score (nSPS) is 12.6. The molecule has 9 nitrogen and oxygen atoms in total. The van der Waals surface area contributed by atoms with Gasteiger partial charge in [-0.05, 0) is 43.3 Å². The molecule has 0 radical (unpaired) electrons. The first-order valence-corrected chi connectivity index (χ1v) is 11.8. The third kappa shape index (κ3) is 5.50. The lowest BCUT2D eigenvalue weighted by Crippen LogP contribution is -2.29. The van der Waals surface area contributed by atoms with Gasteiger partial charge < -0.3 is 10.1 Å². The summed E-state index contributed by atoms with van der Waals surface area (Å²) < 4.78 is 29.4. The van der Waals surface area contributed by atoms with Gasteiger partial charge in [-0.25, -0.2) is 18.5 Å². The number of aromatic nitrogens is 2. The maximum absolute atomic E-state index is 13.0. The summed E-state index contributed by atoms with van der Waals surface area (Å²) in [6.45, 7) is 2.16. The highest BCUT2D eigenvalue weighted by atomic mass is 32.2. The van der Waals surface area contributed by atoms with Crippen molar-refractivity contribution in [2.45, 2.75) is 23.0 Å². The Morgan fingerprint density at radius 1 is 1.23 bits per heavy atom. The van der Waals surface area contributed by atoms with Crippen LogP contribution in [0.1, 0.15) is 13.0 Å². The first-order valence-electron chi connectivity index (χ1n) is 9.26. The smallest absolute Gasteiger partial charge is 0.262 e. The molecule has 0 fully saturated rings. The van der Waals surface area contributed by atoms with E-state index in [1.165, 1.54) is 28.8 Å². The van der Waals surface area contributed by atoms with Crippen molar-refractivity contribution in [2.75, 3.05) is 24.8 Å². The van der Waals surface area contributed by atoms with Crippen LogP contribution >= 0.6 is 11.8 Å². The van der Waals surface area contributed by atoms with Gasteiger partial charge in [0.05, 0.1) is 34.2 Å². The highest BCUT2D eigenvalue weighted by Gasteiger charge is 2.18. The number of para-hydroxylation sites is 1. The SMILES string of the molecule is COCC(C)n1c(SCC(=O)Nc2ccc(S(N)(=O)=O)cc2)nc2ccccc2c1=O. The van der Waals surface area contributed by atoms with Gasteiger partial charge in [0.2, 0.25) is 15.9 Å². The number of anilines is 1. The fourth-order valence-corrected chi connectivity index (χ4v) is 4.40. The van der Waals surface area contributed by atoms with Crippen LogP contribution in [0.3, 0.4) is 0 Å². The minimum atomic E-state index is -3.80. The molecule has 0 bridgehead atoms. The van der Waals surface area contributed by atoms with E-state index in [0.29, 0.717) is 28.4 Å². The Balaban J connectivity index is 1.80. The third-order valence-corrected chi connectivity index (χ3v) is 6.30. The highest BCUT2D eigenvalue weighted by molar-refractivity contribution is 7.99. The van der Waals surface area contributed by atoms with Gasteiger partial charge >= 0.3 is 0 Å². The zero-order chi connectivity index (χ0) is 22.6. The van der Waals surface area contributed by atoms with Crippen molar-refractivity contribution in [1.82, 2.24) is 9.55 Å². The van der Waals surface area contributed by atoms with Crippen LogP contribution < -0.4 is 16.0 Å². The fraction of sp³-hybridized carbons (Fsp3) is 0.250. The highest BCUT2D eigenvalue weighted by Crippen LogP contribution is 2.22. The number of methoxy groups -OCH3 is 1. The van der Waals surface area contributed by atoms with Crippen molar-refractivity contribution in [3.63, 3.8) is 0 Å². The van der Waals surface area contributed by atoms with Crippen molar-refractivity contribution in [3.05, 3.63) is 58.9 Å². The monoisotopic (exact) mass is 462 g/mol. The number of hydrogen-bond acceptors (Lipinski definition) is 7. The summed E-state index contributed by atoms with van der Waals surface area (Å²) in [5.74, 6) is -0.330. The van der Waals surface area contributed by atoms with Crippen LogP contribution in [0.2, 0.25) is 0 Å². The van der Waals surface area contributed by atoms with E-state index in [-0.39, 0.29) is 28.2 Å². The average molecular weight is 463 g/mol. The number of carbonyl (C=O) groups is 1. The Labute approximate surface area is 183 Å². The Kier molecular flexibility index (Phi) is 7.11. The predicted octanol–water partition coefficient (Wildman–Crippen LogP) is 1.98. The molecule has 0 saturated carbocycles. The Morgan fingerprint density at radius 3 is 2.55 bits per heavy atom. The van der Waals surface area contributed by atoms with Crippen molar-refractivity contribution in [3.8, 4) is 0 Å². The summed E-state index contributed by atoms with van der Waals surface area (Å²) in [5, 5.41) is 8.66. The number of amides is 1. The number of primary sulfonamides is 1. The Morgan fingerprint density at radius 2 is 1.90 bits per heavy atom. The zero-order valence-corrected chi connectivity index (χ0v) is 18.6. The second-order valence-corrected chi connectivity index (χ2v) is 9.30. The predicted molar refractivity (Wildman–Crippen MR) is 120 cm³/mol. The molecule has 1 amide bonds. The second kappa shape index (κ2) is 9.60. The molecule has 1 heterocycles.